The number of ether oxygens (including phenoxy) is 1. The van der Waals surface area contributed by atoms with Crippen molar-refractivity contribution >= 4 is 16.9 Å². The Hall–Kier alpha value is -2.74. The van der Waals surface area contributed by atoms with E-state index in [1.54, 1.807) is 24.4 Å². The van der Waals surface area contributed by atoms with E-state index in [1.165, 1.54) is 0 Å². The lowest BCUT2D eigenvalue weighted by atomic mass is 9.92. The third kappa shape index (κ3) is 3.20. The molecule has 0 spiro atoms. The van der Waals surface area contributed by atoms with Crippen LogP contribution in [0.25, 0.3) is 11.0 Å². The van der Waals surface area contributed by atoms with Crippen molar-refractivity contribution in [1.29, 1.82) is 0 Å². The Kier molecular flexibility index (Phi) is 4.66. The zero-order valence-electron chi connectivity index (χ0n) is 14.7. The number of nitrogens with zero attached hydrogens (tertiary/aromatic N) is 4. The Balaban J connectivity index is 1.45. The van der Waals surface area contributed by atoms with Gasteiger partial charge in [0.05, 0.1) is 5.69 Å². The second kappa shape index (κ2) is 7.25. The Morgan fingerprint density at radius 2 is 2.23 bits per heavy atom. The molecule has 8 heteroatoms. The molecular formula is C18H22N6O2. The lowest BCUT2D eigenvalue weighted by Crippen LogP contribution is -2.35. The Bertz CT molecular complexity index is 902. The van der Waals surface area contributed by atoms with E-state index in [-0.39, 0.29) is 17.9 Å². The predicted octanol–water partition coefficient (Wildman–Crippen LogP) is 2.07. The number of benzene rings is 1. The number of rotatable bonds is 5. The molecule has 3 aromatic rings. The molecule has 8 nitrogen and oxygen atoms in total. The van der Waals surface area contributed by atoms with Crippen LogP contribution in [-0.2, 0) is 11.3 Å². The van der Waals surface area contributed by atoms with E-state index in [0.29, 0.717) is 17.6 Å². The first-order chi connectivity index (χ1) is 12.8. The number of aromatic nitrogens is 5. The molecule has 1 aliphatic rings. The molecule has 1 amide bonds. The van der Waals surface area contributed by atoms with Gasteiger partial charge in [-0.1, -0.05) is 0 Å². The van der Waals surface area contributed by atoms with E-state index in [0.717, 1.165) is 37.2 Å². The van der Waals surface area contributed by atoms with Gasteiger partial charge in [0, 0.05) is 37.4 Å². The summed E-state index contributed by atoms with van der Waals surface area (Å²) in [7, 11) is 0. The van der Waals surface area contributed by atoms with Gasteiger partial charge in [-0.2, -0.15) is 20.5 Å². The van der Waals surface area contributed by atoms with E-state index < -0.39 is 0 Å². The molecule has 0 bridgehead atoms. The summed E-state index contributed by atoms with van der Waals surface area (Å²) in [5.74, 6) is 0.119. The average Bonchev–Trinajstić information content (AvgIpc) is 3.34. The zero-order chi connectivity index (χ0) is 17.9. The summed E-state index contributed by atoms with van der Waals surface area (Å²) in [4.78, 5) is 12.5. The highest BCUT2D eigenvalue weighted by atomic mass is 16.5. The van der Waals surface area contributed by atoms with E-state index >= 15 is 0 Å². The minimum atomic E-state index is -0.108. The molecule has 26 heavy (non-hydrogen) atoms. The van der Waals surface area contributed by atoms with Crippen molar-refractivity contribution in [3.05, 3.63) is 41.7 Å². The van der Waals surface area contributed by atoms with E-state index in [1.807, 2.05) is 10.7 Å². The van der Waals surface area contributed by atoms with Crippen LogP contribution in [0, 0.1) is 5.92 Å². The second-order valence-corrected chi connectivity index (χ2v) is 6.50. The largest absolute Gasteiger partial charge is 0.372 e. The number of carbonyl (C=O) groups is 1. The highest BCUT2D eigenvalue weighted by Crippen LogP contribution is 2.33. The molecule has 1 fully saturated rings. The van der Waals surface area contributed by atoms with Crippen LogP contribution in [0.3, 0.4) is 0 Å². The molecule has 1 aromatic carbocycles. The van der Waals surface area contributed by atoms with Gasteiger partial charge in [-0.15, -0.1) is 0 Å². The van der Waals surface area contributed by atoms with Crippen molar-refractivity contribution in [2.45, 2.75) is 32.4 Å². The van der Waals surface area contributed by atoms with Gasteiger partial charge < -0.3 is 10.1 Å². The number of aromatic amines is 1. The Morgan fingerprint density at radius 1 is 1.35 bits per heavy atom. The number of H-pyrrole nitrogens is 1. The van der Waals surface area contributed by atoms with Crippen molar-refractivity contribution in [3.63, 3.8) is 0 Å². The topological polar surface area (TPSA) is 97.7 Å². The lowest BCUT2D eigenvalue weighted by Gasteiger charge is -2.32. The molecule has 2 N–H and O–H groups in total. The van der Waals surface area contributed by atoms with Gasteiger partial charge in [-0.3, -0.25) is 9.48 Å². The Labute approximate surface area is 150 Å². The maximum absolute atomic E-state index is 12.5. The quantitative estimate of drug-likeness (QED) is 0.731. The van der Waals surface area contributed by atoms with Gasteiger partial charge in [0.1, 0.15) is 17.1 Å². The SMILES string of the molecule is CCn1nccc1[C@@H]1OCCC[C@H]1CNC(=O)c1ccc2n[nH]nc2c1. The first kappa shape index (κ1) is 16.7. The van der Waals surface area contributed by atoms with Crippen molar-refractivity contribution in [3.8, 4) is 0 Å². The minimum absolute atomic E-state index is 0.0375. The third-order valence-corrected chi connectivity index (χ3v) is 4.89. The monoisotopic (exact) mass is 354 g/mol. The van der Waals surface area contributed by atoms with E-state index in [9.17, 15) is 4.79 Å². The van der Waals surface area contributed by atoms with Crippen LogP contribution in [0.2, 0.25) is 0 Å². The fourth-order valence-corrected chi connectivity index (χ4v) is 3.54. The summed E-state index contributed by atoms with van der Waals surface area (Å²) in [5.41, 5.74) is 3.09. The molecule has 1 saturated heterocycles. The second-order valence-electron chi connectivity index (χ2n) is 6.50. The van der Waals surface area contributed by atoms with Crippen LogP contribution in [0.4, 0.5) is 0 Å². The molecule has 136 valence electrons. The zero-order valence-corrected chi connectivity index (χ0v) is 14.7. The average molecular weight is 354 g/mol. The smallest absolute Gasteiger partial charge is 0.251 e. The molecule has 2 aromatic heterocycles. The molecular weight excluding hydrogens is 332 g/mol. The number of amides is 1. The molecule has 0 aliphatic carbocycles. The van der Waals surface area contributed by atoms with Gasteiger partial charge in [-0.05, 0) is 44.0 Å². The summed E-state index contributed by atoms with van der Waals surface area (Å²) in [6, 6.07) is 7.31. The molecule has 0 radical (unpaired) electrons. The summed E-state index contributed by atoms with van der Waals surface area (Å²) in [5, 5.41) is 18.0. The summed E-state index contributed by atoms with van der Waals surface area (Å²) >= 11 is 0. The van der Waals surface area contributed by atoms with Crippen molar-refractivity contribution in [2.24, 2.45) is 5.92 Å². The van der Waals surface area contributed by atoms with Crippen LogP contribution in [0.1, 0.15) is 41.9 Å². The van der Waals surface area contributed by atoms with Gasteiger partial charge >= 0.3 is 0 Å². The maximum Gasteiger partial charge on any atom is 0.251 e. The third-order valence-electron chi connectivity index (χ3n) is 4.89. The van der Waals surface area contributed by atoms with Gasteiger partial charge in [-0.25, -0.2) is 0 Å². The van der Waals surface area contributed by atoms with Crippen molar-refractivity contribution in [1.82, 2.24) is 30.5 Å². The minimum Gasteiger partial charge on any atom is -0.372 e. The van der Waals surface area contributed by atoms with E-state index in [4.69, 9.17) is 4.74 Å². The normalized spacial score (nSPS) is 20.3. The highest BCUT2D eigenvalue weighted by Gasteiger charge is 2.30. The number of carbonyl (C=O) groups excluding carboxylic acids is 1. The molecule has 3 heterocycles. The van der Waals surface area contributed by atoms with Gasteiger partial charge in [0.15, 0.2) is 0 Å². The van der Waals surface area contributed by atoms with Crippen molar-refractivity contribution in [2.75, 3.05) is 13.2 Å². The standard InChI is InChI=1S/C18H22N6O2/c1-2-24-16(7-8-20-24)17-13(4-3-9-26-17)11-19-18(25)12-5-6-14-15(10-12)22-23-21-14/h5-8,10,13,17H,2-4,9,11H2,1H3,(H,19,25)(H,21,22,23)/t13-,17+/m0/s1. The van der Waals surface area contributed by atoms with Crippen molar-refractivity contribution < 1.29 is 9.53 Å². The van der Waals surface area contributed by atoms with Crippen LogP contribution < -0.4 is 5.32 Å². The number of fused-ring (bicyclic) bond motifs is 1. The van der Waals surface area contributed by atoms with Crippen LogP contribution in [0.15, 0.2) is 30.5 Å². The molecule has 4 rings (SSSR count). The fourth-order valence-electron chi connectivity index (χ4n) is 3.54. The van der Waals surface area contributed by atoms with Gasteiger partial charge in [0.2, 0.25) is 0 Å². The molecule has 1 aliphatic heterocycles. The lowest BCUT2D eigenvalue weighted by molar-refractivity contribution is -0.0321. The van der Waals surface area contributed by atoms with E-state index in [2.05, 4.69) is 32.7 Å². The fraction of sp³-hybridized carbons (Fsp3) is 0.444. The number of aryl methyl sites for hydroxylation is 1. The summed E-state index contributed by atoms with van der Waals surface area (Å²) < 4.78 is 7.99. The Morgan fingerprint density at radius 3 is 3.12 bits per heavy atom. The first-order valence-electron chi connectivity index (χ1n) is 8.98. The first-order valence-corrected chi connectivity index (χ1v) is 8.98. The summed E-state index contributed by atoms with van der Waals surface area (Å²) in [6.45, 7) is 4.18. The molecule has 0 saturated carbocycles. The predicted molar refractivity (Wildman–Crippen MR) is 95.5 cm³/mol. The number of hydrogen-bond acceptors (Lipinski definition) is 5. The van der Waals surface area contributed by atoms with Crippen LogP contribution in [-0.4, -0.2) is 44.3 Å². The number of hydrogen-bond donors (Lipinski definition) is 2. The number of nitrogens with one attached hydrogen (secondary N) is 2. The maximum atomic E-state index is 12.5. The molecule has 2 atom stereocenters. The van der Waals surface area contributed by atoms with Gasteiger partial charge in [0.25, 0.3) is 5.91 Å². The summed E-state index contributed by atoms with van der Waals surface area (Å²) in [6.07, 6.45) is 3.79. The van der Waals surface area contributed by atoms with Crippen LogP contribution in [0.5, 0.6) is 0 Å². The highest BCUT2D eigenvalue weighted by molar-refractivity contribution is 5.97. The van der Waals surface area contributed by atoms with Crippen LogP contribution >= 0.6 is 0 Å². The molecule has 0 unspecified atom stereocenters.